The maximum atomic E-state index is 12.8. The molecule has 4 nitrogen and oxygen atoms in total. The SMILES string of the molecule is O=C(CCCc1ccc(Cl)cc1)N(Cc1ccncc1)C[C@@H]1CCCO1. The molecule has 2 heterocycles. The van der Waals surface area contributed by atoms with Crippen molar-refractivity contribution in [1.29, 1.82) is 0 Å². The highest BCUT2D eigenvalue weighted by Crippen LogP contribution is 2.17. The third kappa shape index (κ3) is 5.82. The molecule has 0 unspecified atom stereocenters. The predicted octanol–water partition coefficient (Wildman–Crippen LogP) is 4.27. The second-order valence-electron chi connectivity index (χ2n) is 6.74. The lowest BCUT2D eigenvalue weighted by Gasteiger charge is -2.25. The molecule has 5 heteroatoms. The Morgan fingerprint density at radius 2 is 1.92 bits per heavy atom. The smallest absolute Gasteiger partial charge is 0.222 e. The summed E-state index contributed by atoms with van der Waals surface area (Å²) in [7, 11) is 0. The van der Waals surface area contributed by atoms with E-state index in [9.17, 15) is 4.79 Å². The number of carbonyl (C=O) groups excluding carboxylic acids is 1. The van der Waals surface area contributed by atoms with Gasteiger partial charge in [-0.15, -0.1) is 0 Å². The highest BCUT2D eigenvalue weighted by atomic mass is 35.5. The Bertz CT molecular complexity index is 685. The first kappa shape index (κ1) is 18.9. The molecule has 26 heavy (non-hydrogen) atoms. The molecule has 0 spiro atoms. The number of nitrogens with zero attached hydrogens (tertiary/aromatic N) is 2. The summed E-state index contributed by atoms with van der Waals surface area (Å²) in [5, 5.41) is 0.741. The number of halogens is 1. The van der Waals surface area contributed by atoms with E-state index in [2.05, 4.69) is 4.98 Å². The number of ether oxygens (including phenoxy) is 1. The molecule has 1 fully saturated rings. The number of aromatic nitrogens is 1. The molecule has 0 radical (unpaired) electrons. The lowest BCUT2D eigenvalue weighted by Crippen LogP contribution is -2.36. The molecule has 3 rings (SSSR count). The van der Waals surface area contributed by atoms with Crippen molar-refractivity contribution in [3.63, 3.8) is 0 Å². The Balaban J connectivity index is 1.55. The first-order chi connectivity index (χ1) is 12.7. The molecule has 1 amide bonds. The van der Waals surface area contributed by atoms with Gasteiger partial charge in [0.25, 0.3) is 0 Å². The summed E-state index contributed by atoms with van der Waals surface area (Å²) in [5.74, 6) is 0.186. The van der Waals surface area contributed by atoms with Gasteiger partial charge in [0.15, 0.2) is 0 Å². The third-order valence-corrected chi connectivity index (χ3v) is 4.94. The van der Waals surface area contributed by atoms with Crippen molar-refractivity contribution >= 4 is 17.5 Å². The summed E-state index contributed by atoms with van der Waals surface area (Å²) in [6.07, 6.45) is 8.07. The van der Waals surface area contributed by atoms with Crippen LogP contribution in [0.15, 0.2) is 48.8 Å². The van der Waals surface area contributed by atoms with Gasteiger partial charge in [-0.3, -0.25) is 9.78 Å². The summed E-state index contributed by atoms with van der Waals surface area (Å²) >= 11 is 5.92. The minimum absolute atomic E-state index is 0.164. The van der Waals surface area contributed by atoms with Crippen molar-refractivity contribution in [2.75, 3.05) is 13.2 Å². The molecule has 0 saturated carbocycles. The van der Waals surface area contributed by atoms with Crippen LogP contribution in [-0.2, 0) is 22.5 Å². The van der Waals surface area contributed by atoms with Gasteiger partial charge in [-0.05, 0) is 61.1 Å². The van der Waals surface area contributed by atoms with Crippen molar-refractivity contribution < 1.29 is 9.53 Å². The van der Waals surface area contributed by atoms with Gasteiger partial charge in [-0.1, -0.05) is 23.7 Å². The largest absolute Gasteiger partial charge is 0.376 e. The van der Waals surface area contributed by atoms with Crippen molar-refractivity contribution in [3.05, 3.63) is 64.9 Å². The van der Waals surface area contributed by atoms with Crippen LogP contribution < -0.4 is 0 Å². The van der Waals surface area contributed by atoms with Gasteiger partial charge < -0.3 is 9.64 Å². The van der Waals surface area contributed by atoms with Crippen LogP contribution in [0.3, 0.4) is 0 Å². The monoisotopic (exact) mass is 372 g/mol. The first-order valence-corrected chi connectivity index (χ1v) is 9.61. The highest BCUT2D eigenvalue weighted by molar-refractivity contribution is 6.30. The average molecular weight is 373 g/mol. The Morgan fingerprint density at radius 3 is 2.62 bits per heavy atom. The number of rotatable bonds is 8. The number of amides is 1. The van der Waals surface area contributed by atoms with E-state index in [1.165, 1.54) is 5.56 Å². The summed E-state index contributed by atoms with van der Waals surface area (Å²) < 4.78 is 5.74. The fraction of sp³-hybridized carbons (Fsp3) is 0.429. The zero-order valence-electron chi connectivity index (χ0n) is 14.9. The topological polar surface area (TPSA) is 42.4 Å². The van der Waals surface area contributed by atoms with Gasteiger partial charge in [0, 0.05) is 43.5 Å². The van der Waals surface area contributed by atoms with E-state index in [1.54, 1.807) is 12.4 Å². The zero-order valence-corrected chi connectivity index (χ0v) is 15.7. The van der Waals surface area contributed by atoms with Crippen molar-refractivity contribution in [1.82, 2.24) is 9.88 Å². The second kappa shape index (κ2) is 9.70. The number of hydrogen-bond donors (Lipinski definition) is 0. The minimum atomic E-state index is 0.164. The van der Waals surface area contributed by atoms with E-state index < -0.39 is 0 Å². The molecule has 138 valence electrons. The molecule has 1 aliphatic rings. The maximum absolute atomic E-state index is 12.8. The van der Waals surface area contributed by atoms with Crippen LogP contribution in [-0.4, -0.2) is 35.0 Å². The Morgan fingerprint density at radius 1 is 1.15 bits per heavy atom. The van der Waals surface area contributed by atoms with Crippen LogP contribution in [0.25, 0.3) is 0 Å². The molecule has 1 aromatic carbocycles. The maximum Gasteiger partial charge on any atom is 0.222 e. The molecular formula is C21H25ClN2O2. The molecule has 2 aromatic rings. The predicted molar refractivity (Wildman–Crippen MR) is 103 cm³/mol. The number of pyridine rings is 1. The van der Waals surface area contributed by atoms with E-state index >= 15 is 0 Å². The molecule has 0 N–H and O–H groups in total. The standard InChI is InChI=1S/C21H25ClN2O2/c22-19-8-6-17(7-9-19)3-1-5-21(25)24(16-20-4-2-14-26-20)15-18-10-12-23-13-11-18/h6-13,20H,1-5,14-16H2/t20-/m0/s1. The average Bonchev–Trinajstić information content (AvgIpc) is 3.17. The van der Waals surface area contributed by atoms with Gasteiger partial charge in [-0.2, -0.15) is 0 Å². The molecular weight excluding hydrogens is 348 g/mol. The van der Waals surface area contributed by atoms with E-state index in [0.717, 1.165) is 42.9 Å². The second-order valence-corrected chi connectivity index (χ2v) is 7.18. The molecule has 1 atom stereocenters. The Labute approximate surface area is 160 Å². The number of aryl methyl sites for hydroxylation is 1. The third-order valence-electron chi connectivity index (χ3n) is 4.69. The van der Waals surface area contributed by atoms with Crippen LogP contribution in [0, 0.1) is 0 Å². The van der Waals surface area contributed by atoms with Gasteiger partial charge >= 0.3 is 0 Å². The fourth-order valence-corrected chi connectivity index (χ4v) is 3.38. The quantitative estimate of drug-likeness (QED) is 0.695. The lowest BCUT2D eigenvalue weighted by molar-refractivity contribution is -0.133. The number of hydrogen-bond acceptors (Lipinski definition) is 3. The van der Waals surface area contributed by atoms with Crippen LogP contribution >= 0.6 is 11.6 Å². The Hall–Kier alpha value is -1.91. The van der Waals surface area contributed by atoms with Gasteiger partial charge in [0.2, 0.25) is 5.91 Å². The van der Waals surface area contributed by atoms with Crippen LogP contribution in [0.4, 0.5) is 0 Å². The van der Waals surface area contributed by atoms with E-state index in [4.69, 9.17) is 16.3 Å². The summed E-state index contributed by atoms with van der Waals surface area (Å²) in [5.41, 5.74) is 2.31. The van der Waals surface area contributed by atoms with E-state index in [1.807, 2.05) is 41.3 Å². The highest BCUT2D eigenvalue weighted by Gasteiger charge is 2.22. The number of benzene rings is 1. The molecule has 0 bridgehead atoms. The van der Waals surface area contributed by atoms with Crippen molar-refractivity contribution in [2.24, 2.45) is 0 Å². The Kier molecular flexibility index (Phi) is 7.04. The summed E-state index contributed by atoms with van der Waals surface area (Å²) in [4.78, 5) is 18.8. The van der Waals surface area contributed by atoms with Crippen molar-refractivity contribution in [2.45, 2.75) is 44.8 Å². The number of carbonyl (C=O) groups is 1. The molecule has 1 aromatic heterocycles. The zero-order chi connectivity index (χ0) is 18.2. The minimum Gasteiger partial charge on any atom is -0.376 e. The van der Waals surface area contributed by atoms with Gasteiger partial charge in [0.1, 0.15) is 0 Å². The summed E-state index contributed by atoms with van der Waals surface area (Å²) in [6.45, 7) is 2.09. The van der Waals surface area contributed by atoms with Gasteiger partial charge in [0.05, 0.1) is 6.10 Å². The molecule has 1 saturated heterocycles. The van der Waals surface area contributed by atoms with E-state index in [-0.39, 0.29) is 12.0 Å². The summed E-state index contributed by atoms with van der Waals surface area (Å²) in [6, 6.07) is 11.8. The van der Waals surface area contributed by atoms with Crippen LogP contribution in [0.5, 0.6) is 0 Å². The fourth-order valence-electron chi connectivity index (χ4n) is 3.25. The van der Waals surface area contributed by atoms with Gasteiger partial charge in [-0.25, -0.2) is 0 Å². The van der Waals surface area contributed by atoms with Crippen molar-refractivity contribution in [3.8, 4) is 0 Å². The lowest BCUT2D eigenvalue weighted by atomic mass is 10.1. The molecule has 0 aliphatic carbocycles. The molecule has 1 aliphatic heterocycles. The van der Waals surface area contributed by atoms with Crippen LogP contribution in [0.1, 0.15) is 36.8 Å². The first-order valence-electron chi connectivity index (χ1n) is 9.23. The van der Waals surface area contributed by atoms with Crippen LogP contribution in [0.2, 0.25) is 5.02 Å². The van der Waals surface area contributed by atoms with E-state index in [0.29, 0.717) is 19.5 Å². The normalized spacial score (nSPS) is 16.6.